The maximum absolute atomic E-state index is 12.3. The maximum Gasteiger partial charge on any atom is 0.271 e. The van der Waals surface area contributed by atoms with Gasteiger partial charge in [-0.3, -0.25) is 9.78 Å². The van der Waals surface area contributed by atoms with Gasteiger partial charge >= 0.3 is 0 Å². The zero-order chi connectivity index (χ0) is 15.1. The van der Waals surface area contributed by atoms with E-state index in [0.717, 1.165) is 45.4 Å². The van der Waals surface area contributed by atoms with Crippen molar-refractivity contribution < 1.29 is 4.79 Å². The van der Waals surface area contributed by atoms with E-state index in [1.54, 1.807) is 6.20 Å². The number of hydrogen-bond donors (Lipinski definition) is 2. The third kappa shape index (κ3) is 4.67. The SMILES string of the molecule is CCCNc1cncc(C(=O)NC2CCCN(CC)C2)n1. The van der Waals surface area contributed by atoms with Gasteiger partial charge in [-0.1, -0.05) is 13.8 Å². The van der Waals surface area contributed by atoms with Crippen LogP contribution in [-0.2, 0) is 0 Å². The molecule has 1 amide bonds. The molecule has 116 valence electrons. The average Bonchev–Trinajstić information content (AvgIpc) is 2.53. The highest BCUT2D eigenvalue weighted by atomic mass is 16.2. The minimum absolute atomic E-state index is 0.134. The van der Waals surface area contributed by atoms with Crippen LogP contribution in [0, 0.1) is 0 Å². The quantitative estimate of drug-likeness (QED) is 0.831. The first kappa shape index (κ1) is 15.7. The Bertz CT molecular complexity index is 465. The van der Waals surface area contributed by atoms with Gasteiger partial charge in [-0.05, 0) is 32.4 Å². The van der Waals surface area contributed by atoms with Crippen molar-refractivity contribution in [3.05, 3.63) is 18.1 Å². The number of anilines is 1. The predicted octanol–water partition coefficient (Wildman–Crippen LogP) is 1.51. The van der Waals surface area contributed by atoms with Crippen LogP contribution in [0.15, 0.2) is 12.4 Å². The summed E-state index contributed by atoms with van der Waals surface area (Å²) in [5, 5.41) is 6.22. The Kier molecular flexibility index (Phi) is 5.92. The van der Waals surface area contributed by atoms with E-state index in [4.69, 9.17) is 0 Å². The fraction of sp³-hybridized carbons (Fsp3) is 0.667. The van der Waals surface area contributed by atoms with Crippen LogP contribution >= 0.6 is 0 Å². The molecule has 1 unspecified atom stereocenters. The summed E-state index contributed by atoms with van der Waals surface area (Å²) in [5.74, 6) is 0.522. The minimum atomic E-state index is -0.134. The molecular formula is C15H25N5O. The molecule has 6 heteroatoms. The zero-order valence-electron chi connectivity index (χ0n) is 12.9. The summed E-state index contributed by atoms with van der Waals surface area (Å²) in [4.78, 5) is 23.0. The van der Waals surface area contributed by atoms with Crippen molar-refractivity contribution >= 4 is 11.7 Å². The number of likely N-dealkylation sites (tertiary alicyclic amines) is 1. The molecule has 1 aromatic rings. The van der Waals surface area contributed by atoms with E-state index in [1.165, 1.54) is 6.20 Å². The number of likely N-dealkylation sites (N-methyl/N-ethyl adjacent to an activating group) is 1. The smallest absolute Gasteiger partial charge is 0.271 e. The van der Waals surface area contributed by atoms with Crippen LogP contribution in [0.1, 0.15) is 43.6 Å². The number of amides is 1. The van der Waals surface area contributed by atoms with Gasteiger partial charge < -0.3 is 15.5 Å². The first-order valence-electron chi connectivity index (χ1n) is 7.82. The van der Waals surface area contributed by atoms with Crippen molar-refractivity contribution in [2.45, 2.75) is 39.2 Å². The fourth-order valence-corrected chi connectivity index (χ4v) is 2.53. The molecule has 0 spiro atoms. The van der Waals surface area contributed by atoms with Crippen molar-refractivity contribution in [2.24, 2.45) is 0 Å². The van der Waals surface area contributed by atoms with E-state index in [9.17, 15) is 4.79 Å². The van der Waals surface area contributed by atoms with E-state index in [0.29, 0.717) is 11.5 Å². The molecule has 1 aliphatic rings. The number of nitrogens with zero attached hydrogens (tertiary/aromatic N) is 3. The summed E-state index contributed by atoms with van der Waals surface area (Å²) in [7, 11) is 0. The monoisotopic (exact) mass is 291 g/mol. The van der Waals surface area contributed by atoms with Gasteiger partial charge in [0.2, 0.25) is 0 Å². The first-order valence-corrected chi connectivity index (χ1v) is 7.82. The summed E-state index contributed by atoms with van der Waals surface area (Å²) in [6.45, 7) is 8.14. The summed E-state index contributed by atoms with van der Waals surface area (Å²) < 4.78 is 0. The predicted molar refractivity (Wildman–Crippen MR) is 83.4 cm³/mol. The fourth-order valence-electron chi connectivity index (χ4n) is 2.53. The van der Waals surface area contributed by atoms with Crippen LogP contribution in [-0.4, -0.2) is 53.0 Å². The molecular weight excluding hydrogens is 266 g/mol. The molecule has 0 radical (unpaired) electrons. The Morgan fingerprint density at radius 2 is 2.29 bits per heavy atom. The molecule has 0 bridgehead atoms. The third-order valence-electron chi connectivity index (χ3n) is 3.71. The summed E-state index contributed by atoms with van der Waals surface area (Å²) in [6, 6.07) is 0.209. The second-order valence-electron chi connectivity index (χ2n) is 5.42. The van der Waals surface area contributed by atoms with Crippen LogP contribution < -0.4 is 10.6 Å². The zero-order valence-corrected chi connectivity index (χ0v) is 12.9. The number of carbonyl (C=O) groups is 1. The average molecular weight is 291 g/mol. The second kappa shape index (κ2) is 7.93. The number of carbonyl (C=O) groups excluding carboxylic acids is 1. The molecule has 0 saturated carbocycles. The van der Waals surface area contributed by atoms with Gasteiger partial charge in [0.05, 0.1) is 12.4 Å². The van der Waals surface area contributed by atoms with E-state index < -0.39 is 0 Å². The number of nitrogens with one attached hydrogen (secondary N) is 2. The maximum atomic E-state index is 12.3. The van der Waals surface area contributed by atoms with E-state index in [-0.39, 0.29) is 11.9 Å². The molecule has 1 saturated heterocycles. The van der Waals surface area contributed by atoms with Gasteiger partial charge in [0.25, 0.3) is 5.91 Å². The second-order valence-corrected chi connectivity index (χ2v) is 5.42. The topological polar surface area (TPSA) is 70.2 Å². The van der Waals surface area contributed by atoms with Crippen LogP contribution in [0.2, 0.25) is 0 Å². The molecule has 2 heterocycles. The summed E-state index contributed by atoms with van der Waals surface area (Å²) in [5.41, 5.74) is 0.379. The van der Waals surface area contributed by atoms with Crippen molar-refractivity contribution in [3.8, 4) is 0 Å². The van der Waals surface area contributed by atoms with Gasteiger partial charge in [0, 0.05) is 19.1 Å². The van der Waals surface area contributed by atoms with Gasteiger partial charge in [-0.25, -0.2) is 4.98 Å². The Hall–Kier alpha value is -1.69. The van der Waals surface area contributed by atoms with Crippen LogP contribution in [0.25, 0.3) is 0 Å². The standard InChI is InChI=1S/C15H25N5O/c1-3-7-17-14-10-16-9-13(19-14)15(21)18-12-6-5-8-20(4-2)11-12/h9-10,12H,3-8,11H2,1-2H3,(H,17,19)(H,18,21). The molecule has 1 aromatic heterocycles. The lowest BCUT2D eigenvalue weighted by Crippen LogP contribution is -2.47. The van der Waals surface area contributed by atoms with E-state index in [2.05, 4.69) is 39.3 Å². The molecule has 1 aliphatic heterocycles. The lowest BCUT2D eigenvalue weighted by Gasteiger charge is -2.32. The molecule has 2 rings (SSSR count). The Labute approximate surface area is 126 Å². The number of rotatable bonds is 6. The van der Waals surface area contributed by atoms with Gasteiger partial charge in [-0.15, -0.1) is 0 Å². The lowest BCUT2D eigenvalue weighted by atomic mass is 10.1. The largest absolute Gasteiger partial charge is 0.369 e. The highest BCUT2D eigenvalue weighted by molar-refractivity contribution is 5.92. The van der Waals surface area contributed by atoms with Crippen molar-refractivity contribution in [3.63, 3.8) is 0 Å². The van der Waals surface area contributed by atoms with Crippen molar-refractivity contribution in [1.29, 1.82) is 0 Å². The van der Waals surface area contributed by atoms with Gasteiger partial charge in [0.15, 0.2) is 0 Å². The third-order valence-corrected chi connectivity index (χ3v) is 3.71. The Morgan fingerprint density at radius 1 is 1.43 bits per heavy atom. The molecule has 6 nitrogen and oxygen atoms in total. The van der Waals surface area contributed by atoms with E-state index in [1.807, 2.05) is 0 Å². The molecule has 21 heavy (non-hydrogen) atoms. The van der Waals surface area contributed by atoms with Gasteiger partial charge in [-0.2, -0.15) is 0 Å². The van der Waals surface area contributed by atoms with Crippen molar-refractivity contribution in [2.75, 3.05) is 31.5 Å². The number of piperidine rings is 1. The molecule has 1 atom stereocenters. The minimum Gasteiger partial charge on any atom is -0.369 e. The first-order chi connectivity index (χ1) is 10.2. The van der Waals surface area contributed by atoms with Crippen LogP contribution in [0.3, 0.4) is 0 Å². The number of aromatic nitrogens is 2. The van der Waals surface area contributed by atoms with Gasteiger partial charge in [0.1, 0.15) is 11.5 Å². The highest BCUT2D eigenvalue weighted by Crippen LogP contribution is 2.10. The normalized spacial score (nSPS) is 19.2. The lowest BCUT2D eigenvalue weighted by molar-refractivity contribution is 0.0900. The van der Waals surface area contributed by atoms with Crippen LogP contribution in [0.4, 0.5) is 5.82 Å². The summed E-state index contributed by atoms with van der Waals surface area (Å²) >= 11 is 0. The number of hydrogen-bond acceptors (Lipinski definition) is 5. The van der Waals surface area contributed by atoms with E-state index >= 15 is 0 Å². The van der Waals surface area contributed by atoms with Crippen LogP contribution in [0.5, 0.6) is 0 Å². The molecule has 2 N–H and O–H groups in total. The molecule has 0 aliphatic carbocycles. The Morgan fingerprint density at radius 3 is 3.05 bits per heavy atom. The Balaban J connectivity index is 1.93. The summed E-state index contributed by atoms with van der Waals surface area (Å²) in [6.07, 6.45) is 6.33. The molecule has 0 aromatic carbocycles. The molecule has 1 fully saturated rings. The highest BCUT2D eigenvalue weighted by Gasteiger charge is 2.21. The van der Waals surface area contributed by atoms with Crippen molar-refractivity contribution in [1.82, 2.24) is 20.2 Å².